The highest BCUT2D eigenvalue weighted by atomic mass is 16.5. The molecule has 0 saturated carbocycles. The van der Waals surface area contributed by atoms with E-state index in [0.717, 1.165) is 0 Å². The van der Waals surface area contributed by atoms with E-state index in [2.05, 4.69) is 15.5 Å². The van der Waals surface area contributed by atoms with E-state index >= 15 is 0 Å². The van der Waals surface area contributed by atoms with Gasteiger partial charge in [0.05, 0.1) is 18.1 Å². The first-order valence-electron chi connectivity index (χ1n) is 6.25. The van der Waals surface area contributed by atoms with Gasteiger partial charge in [0.1, 0.15) is 13.3 Å². The van der Waals surface area contributed by atoms with Gasteiger partial charge in [-0.05, 0) is 13.0 Å². The molecule has 0 saturated heterocycles. The van der Waals surface area contributed by atoms with Crippen molar-refractivity contribution < 1.29 is 19.4 Å². The second-order valence-electron chi connectivity index (χ2n) is 4.14. The Bertz CT molecular complexity index is 633. The second kappa shape index (κ2) is 6.66. The average molecular weight is 293 g/mol. The lowest BCUT2D eigenvalue weighted by molar-refractivity contribution is -0.137. The van der Waals surface area contributed by atoms with Gasteiger partial charge in [0, 0.05) is 12.8 Å². The lowest BCUT2D eigenvalue weighted by Crippen LogP contribution is -2.14. The van der Waals surface area contributed by atoms with Gasteiger partial charge in [-0.25, -0.2) is 4.68 Å². The molecule has 9 nitrogen and oxygen atoms in total. The van der Waals surface area contributed by atoms with Crippen molar-refractivity contribution in [1.82, 2.24) is 19.6 Å². The van der Waals surface area contributed by atoms with Crippen molar-refractivity contribution in [3.05, 3.63) is 30.4 Å². The number of amides is 1. The first-order valence-corrected chi connectivity index (χ1v) is 6.25. The Balaban J connectivity index is 1.95. The van der Waals surface area contributed by atoms with Crippen LogP contribution in [0.5, 0.6) is 0 Å². The van der Waals surface area contributed by atoms with Crippen molar-refractivity contribution in [1.29, 1.82) is 0 Å². The Kier molecular flexibility index (Phi) is 4.67. The van der Waals surface area contributed by atoms with Gasteiger partial charge in [0.25, 0.3) is 5.91 Å². The molecule has 1 amide bonds. The van der Waals surface area contributed by atoms with E-state index in [4.69, 9.17) is 9.84 Å². The SMILES string of the molecule is CCOCn1cc(NC(=O)c2ccn(CC(=O)O)n2)cn1. The summed E-state index contributed by atoms with van der Waals surface area (Å²) in [6.07, 6.45) is 4.55. The topological polar surface area (TPSA) is 111 Å². The minimum Gasteiger partial charge on any atom is -0.480 e. The van der Waals surface area contributed by atoms with Crippen LogP contribution in [-0.2, 0) is 22.8 Å². The number of nitrogens with one attached hydrogen (secondary N) is 1. The molecule has 0 aliphatic carbocycles. The van der Waals surface area contributed by atoms with Crippen LogP contribution in [0.3, 0.4) is 0 Å². The van der Waals surface area contributed by atoms with Gasteiger partial charge in [0.15, 0.2) is 5.69 Å². The van der Waals surface area contributed by atoms with E-state index in [0.29, 0.717) is 19.0 Å². The van der Waals surface area contributed by atoms with E-state index < -0.39 is 11.9 Å². The minimum absolute atomic E-state index is 0.133. The predicted molar refractivity (Wildman–Crippen MR) is 71.7 cm³/mol. The summed E-state index contributed by atoms with van der Waals surface area (Å²) in [4.78, 5) is 22.5. The quantitative estimate of drug-likeness (QED) is 0.765. The molecule has 2 rings (SSSR count). The molecule has 0 aliphatic rings. The number of nitrogens with zero attached hydrogens (tertiary/aromatic N) is 4. The smallest absolute Gasteiger partial charge is 0.325 e. The van der Waals surface area contributed by atoms with Crippen LogP contribution in [0.4, 0.5) is 5.69 Å². The zero-order valence-electron chi connectivity index (χ0n) is 11.4. The Hall–Kier alpha value is -2.68. The lowest BCUT2D eigenvalue weighted by atomic mass is 10.4. The summed E-state index contributed by atoms with van der Waals surface area (Å²) in [5, 5.41) is 19.2. The summed E-state index contributed by atoms with van der Waals surface area (Å²) in [6, 6.07) is 1.45. The number of carbonyl (C=O) groups excluding carboxylic acids is 1. The number of anilines is 1. The van der Waals surface area contributed by atoms with E-state index in [-0.39, 0.29) is 12.2 Å². The molecule has 0 aliphatic heterocycles. The van der Waals surface area contributed by atoms with E-state index in [1.807, 2.05) is 6.92 Å². The standard InChI is InChI=1S/C12H15N5O4/c1-2-21-8-17-6-9(5-13-17)14-12(20)10-3-4-16(15-10)7-11(18)19/h3-6H,2,7-8H2,1H3,(H,14,20)(H,18,19). The number of aliphatic carboxylic acids is 1. The van der Waals surface area contributed by atoms with E-state index in [9.17, 15) is 9.59 Å². The van der Waals surface area contributed by atoms with Crippen LogP contribution < -0.4 is 5.32 Å². The maximum atomic E-state index is 11.9. The van der Waals surface area contributed by atoms with E-state index in [1.165, 1.54) is 23.1 Å². The van der Waals surface area contributed by atoms with Crippen LogP contribution >= 0.6 is 0 Å². The molecule has 0 atom stereocenters. The molecule has 112 valence electrons. The molecule has 2 aromatic heterocycles. The Labute approximate surface area is 120 Å². The number of carbonyl (C=O) groups is 2. The molecule has 0 bridgehead atoms. The number of carboxylic acid groups (broad SMARTS) is 1. The fraction of sp³-hybridized carbons (Fsp3) is 0.333. The van der Waals surface area contributed by atoms with Crippen LogP contribution in [0.25, 0.3) is 0 Å². The summed E-state index contributed by atoms with van der Waals surface area (Å²) in [6.45, 7) is 2.46. The van der Waals surface area contributed by atoms with Gasteiger partial charge < -0.3 is 15.2 Å². The van der Waals surface area contributed by atoms with Crippen molar-refractivity contribution in [2.45, 2.75) is 20.2 Å². The normalized spacial score (nSPS) is 10.5. The van der Waals surface area contributed by atoms with Crippen molar-refractivity contribution in [3.63, 3.8) is 0 Å². The maximum Gasteiger partial charge on any atom is 0.325 e. The molecule has 0 fully saturated rings. The lowest BCUT2D eigenvalue weighted by Gasteiger charge is -2.00. The maximum absolute atomic E-state index is 11.9. The van der Waals surface area contributed by atoms with Gasteiger partial charge in [-0.15, -0.1) is 0 Å². The summed E-state index contributed by atoms with van der Waals surface area (Å²) in [7, 11) is 0. The highest BCUT2D eigenvalue weighted by Gasteiger charge is 2.12. The monoisotopic (exact) mass is 293 g/mol. The molecule has 9 heteroatoms. The van der Waals surface area contributed by atoms with Crippen LogP contribution in [0.15, 0.2) is 24.7 Å². The van der Waals surface area contributed by atoms with Crippen molar-refractivity contribution in [3.8, 4) is 0 Å². The van der Waals surface area contributed by atoms with Gasteiger partial charge in [-0.1, -0.05) is 0 Å². The van der Waals surface area contributed by atoms with Crippen molar-refractivity contribution in [2.75, 3.05) is 11.9 Å². The molecule has 2 heterocycles. The molecule has 0 radical (unpaired) electrons. The van der Waals surface area contributed by atoms with Gasteiger partial charge in [0.2, 0.25) is 0 Å². The number of aromatic nitrogens is 4. The third-order valence-electron chi connectivity index (χ3n) is 2.49. The Morgan fingerprint density at radius 2 is 2.24 bits per heavy atom. The number of hydrogen-bond acceptors (Lipinski definition) is 5. The molecule has 0 unspecified atom stereocenters. The van der Waals surface area contributed by atoms with Crippen LogP contribution in [0, 0.1) is 0 Å². The fourth-order valence-electron chi connectivity index (χ4n) is 1.59. The summed E-state index contributed by atoms with van der Waals surface area (Å²) >= 11 is 0. The molecule has 0 spiro atoms. The third-order valence-corrected chi connectivity index (χ3v) is 2.49. The summed E-state index contributed by atoms with van der Waals surface area (Å²) < 4.78 is 7.90. The van der Waals surface area contributed by atoms with Gasteiger partial charge in [-0.3, -0.25) is 14.3 Å². The zero-order chi connectivity index (χ0) is 15.2. The average Bonchev–Trinajstić information content (AvgIpc) is 3.05. The first-order chi connectivity index (χ1) is 10.1. The van der Waals surface area contributed by atoms with Crippen molar-refractivity contribution >= 4 is 17.6 Å². The minimum atomic E-state index is -1.03. The molecule has 2 N–H and O–H groups in total. The molecule has 21 heavy (non-hydrogen) atoms. The second-order valence-corrected chi connectivity index (χ2v) is 4.14. The number of hydrogen-bond donors (Lipinski definition) is 2. The zero-order valence-corrected chi connectivity index (χ0v) is 11.4. The highest BCUT2D eigenvalue weighted by molar-refractivity contribution is 6.02. The van der Waals surface area contributed by atoms with E-state index in [1.54, 1.807) is 10.9 Å². The van der Waals surface area contributed by atoms with Crippen molar-refractivity contribution in [2.24, 2.45) is 0 Å². The number of carboxylic acids is 1. The molecular weight excluding hydrogens is 278 g/mol. The first kappa shape index (κ1) is 14.7. The highest BCUT2D eigenvalue weighted by Crippen LogP contribution is 2.07. The Morgan fingerprint density at radius 3 is 2.95 bits per heavy atom. The Morgan fingerprint density at radius 1 is 1.43 bits per heavy atom. The van der Waals surface area contributed by atoms with Gasteiger partial charge >= 0.3 is 5.97 Å². The summed E-state index contributed by atoms with van der Waals surface area (Å²) in [5.41, 5.74) is 0.640. The fourth-order valence-corrected chi connectivity index (χ4v) is 1.59. The van der Waals surface area contributed by atoms with Crippen LogP contribution in [-0.4, -0.2) is 43.2 Å². The molecular formula is C12H15N5O4. The molecule has 2 aromatic rings. The van der Waals surface area contributed by atoms with Gasteiger partial charge in [-0.2, -0.15) is 10.2 Å². The predicted octanol–water partition coefficient (Wildman–Crippen LogP) is 0.410. The number of ether oxygens (including phenoxy) is 1. The van der Waals surface area contributed by atoms with Crippen LogP contribution in [0.2, 0.25) is 0 Å². The largest absolute Gasteiger partial charge is 0.480 e. The van der Waals surface area contributed by atoms with Crippen LogP contribution in [0.1, 0.15) is 17.4 Å². The molecule has 0 aromatic carbocycles. The third kappa shape index (κ3) is 4.14. The number of rotatable bonds is 7. The summed E-state index contributed by atoms with van der Waals surface area (Å²) in [5.74, 6) is -1.46.